The highest BCUT2D eigenvalue weighted by Crippen LogP contribution is 2.50. The van der Waals surface area contributed by atoms with E-state index in [0.29, 0.717) is 17.7 Å². The quantitative estimate of drug-likeness (QED) is 0.410. The van der Waals surface area contributed by atoms with Crippen LogP contribution in [-0.2, 0) is 4.74 Å². The lowest BCUT2D eigenvalue weighted by molar-refractivity contribution is -0.0196. The number of benzene rings is 2. The monoisotopic (exact) mass is 519 g/mol. The Morgan fingerprint density at radius 3 is 2.70 bits per heavy atom. The maximum atomic E-state index is 15.6. The normalized spacial score (nSPS) is 19.9. The first kappa shape index (κ1) is 22.2. The van der Waals surface area contributed by atoms with Crippen LogP contribution < -0.4 is 10.4 Å². The third-order valence-electron chi connectivity index (χ3n) is 7.30. The van der Waals surface area contributed by atoms with E-state index in [2.05, 4.69) is 0 Å². The molecule has 1 saturated heterocycles. The number of hydrogen-bond donors (Lipinski definition) is 1. The Labute approximate surface area is 213 Å². The van der Waals surface area contributed by atoms with Gasteiger partial charge in [-0.2, -0.15) is 0 Å². The van der Waals surface area contributed by atoms with Crippen LogP contribution in [0.3, 0.4) is 0 Å². The average molecular weight is 520 g/mol. The van der Waals surface area contributed by atoms with Gasteiger partial charge in [0.25, 0.3) is 5.91 Å². The molecule has 0 saturated carbocycles. The number of carbonyl (C=O) groups is 1. The number of nitrogens with zero attached hydrogens (tertiary/aromatic N) is 3. The van der Waals surface area contributed by atoms with Gasteiger partial charge < -0.3 is 14.7 Å². The van der Waals surface area contributed by atoms with Crippen LogP contribution in [-0.4, -0.2) is 46.5 Å². The summed E-state index contributed by atoms with van der Waals surface area (Å²) in [5.74, 6) is -3.07. The number of rotatable bonds is 1. The van der Waals surface area contributed by atoms with Gasteiger partial charge in [-0.05, 0) is 34.2 Å². The molecule has 4 heterocycles. The van der Waals surface area contributed by atoms with Gasteiger partial charge in [0.15, 0.2) is 23.1 Å². The van der Waals surface area contributed by atoms with E-state index in [1.54, 1.807) is 17.0 Å². The van der Waals surface area contributed by atoms with Gasteiger partial charge in [-0.15, -0.1) is 11.3 Å². The number of thiophene rings is 1. The number of amides is 1. The van der Waals surface area contributed by atoms with E-state index in [9.17, 15) is 19.1 Å². The smallest absolute Gasteiger partial charge is 0.278 e. The molecule has 1 aliphatic carbocycles. The first-order valence-electron chi connectivity index (χ1n) is 11.7. The molecule has 7 rings (SSSR count). The topological polar surface area (TPSA) is 75.0 Å². The van der Waals surface area contributed by atoms with Crippen molar-refractivity contribution in [3.05, 3.63) is 98.8 Å². The summed E-state index contributed by atoms with van der Waals surface area (Å²) >= 11 is 1.44. The molecule has 0 radical (unpaired) electrons. The number of aromatic hydroxyl groups is 1. The predicted molar refractivity (Wildman–Crippen MR) is 133 cm³/mol. The minimum Gasteiger partial charge on any atom is -0.502 e. The van der Waals surface area contributed by atoms with E-state index in [1.807, 2.05) is 34.7 Å². The summed E-state index contributed by atoms with van der Waals surface area (Å²) in [5, 5.41) is 14.4. The van der Waals surface area contributed by atoms with E-state index < -0.39 is 40.9 Å². The summed E-state index contributed by atoms with van der Waals surface area (Å²) in [6.07, 6.45) is 0.801. The number of aromatic nitrogens is 1. The number of carbonyl (C=O) groups excluding carboxylic acids is 1. The molecule has 2 aromatic carbocycles. The van der Waals surface area contributed by atoms with Gasteiger partial charge in [0.2, 0.25) is 5.43 Å². The minimum atomic E-state index is -0.959. The Hall–Kier alpha value is -4.02. The molecule has 0 unspecified atom stereocenters. The van der Waals surface area contributed by atoms with Crippen LogP contribution in [0.5, 0.6) is 5.75 Å². The van der Waals surface area contributed by atoms with Crippen molar-refractivity contribution < 1.29 is 23.4 Å². The van der Waals surface area contributed by atoms with E-state index >= 15 is 4.39 Å². The molecule has 2 aliphatic heterocycles. The zero-order valence-electron chi connectivity index (χ0n) is 19.2. The standard InChI is InChI=1S/C27H19F2N3O4S/c28-18-6-5-16-21(22(18)29)17-8-12-37-26(17)15-4-2-1-3-14(15)23(16)32-20-13-36-11-10-30(20)27(35)24-25(34)19(33)7-9-31(24)32/h1-9,12,20,23,34H,10-11,13H2/t20-,23+/m0/s1. The summed E-state index contributed by atoms with van der Waals surface area (Å²) in [6.45, 7) is 0.690. The third-order valence-corrected chi connectivity index (χ3v) is 8.24. The minimum absolute atomic E-state index is 0.143. The van der Waals surface area contributed by atoms with Crippen LogP contribution in [0, 0.1) is 11.6 Å². The van der Waals surface area contributed by atoms with Crippen LogP contribution in [0.15, 0.2) is 64.9 Å². The van der Waals surface area contributed by atoms with E-state index in [4.69, 9.17) is 4.74 Å². The van der Waals surface area contributed by atoms with Gasteiger partial charge in [-0.1, -0.05) is 30.3 Å². The van der Waals surface area contributed by atoms with Crippen LogP contribution >= 0.6 is 11.3 Å². The lowest BCUT2D eigenvalue weighted by Crippen LogP contribution is -2.66. The van der Waals surface area contributed by atoms with Crippen molar-refractivity contribution in [1.82, 2.24) is 9.58 Å². The lowest BCUT2D eigenvalue weighted by atomic mass is 9.92. The van der Waals surface area contributed by atoms with Crippen molar-refractivity contribution in [2.75, 3.05) is 24.8 Å². The van der Waals surface area contributed by atoms with Crippen molar-refractivity contribution in [2.24, 2.45) is 0 Å². The Bertz CT molecular complexity index is 1670. The van der Waals surface area contributed by atoms with E-state index in [-0.39, 0.29) is 24.4 Å². The molecule has 0 bridgehead atoms. The van der Waals surface area contributed by atoms with Gasteiger partial charge in [0, 0.05) is 34.8 Å². The van der Waals surface area contributed by atoms with Crippen LogP contribution in [0.1, 0.15) is 27.7 Å². The molecule has 7 nitrogen and oxygen atoms in total. The molecule has 10 heteroatoms. The Kier molecular flexibility index (Phi) is 4.79. The molecular formula is C27H19F2N3O4S. The molecule has 186 valence electrons. The SMILES string of the molecule is O=C1c2c(O)c(=O)ccn2N([C@@H]2c3ccccc3-c3sccc3-c3c2ccc(F)c3F)[C@H]2COCCN12. The fourth-order valence-corrected chi connectivity index (χ4v) is 6.66. The molecule has 3 aliphatic rings. The number of hydrogen-bond acceptors (Lipinski definition) is 6. The number of fused-ring (bicyclic) bond motifs is 7. The molecule has 1 N–H and O–H groups in total. The van der Waals surface area contributed by atoms with Gasteiger partial charge >= 0.3 is 0 Å². The largest absolute Gasteiger partial charge is 0.502 e. The summed E-state index contributed by atoms with van der Waals surface area (Å²) < 4.78 is 37.5. The van der Waals surface area contributed by atoms with Crippen molar-refractivity contribution in [2.45, 2.75) is 12.2 Å². The molecule has 4 aromatic rings. The Morgan fingerprint density at radius 1 is 1.00 bits per heavy atom. The van der Waals surface area contributed by atoms with Crippen molar-refractivity contribution in [3.63, 3.8) is 0 Å². The van der Waals surface area contributed by atoms with Crippen molar-refractivity contribution in [1.29, 1.82) is 0 Å². The molecule has 0 spiro atoms. The second-order valence-electron chi connectivity index (χ2n) is 9.13. The molecule has 1 amide bonds. The molecule has 2 aromatic heterocycles. The zero-order valence-corrected chi connectivity index (χ0v) is 20.0. The predicted octanol–water partition coefficient (Wildman–Crippen LogP) is 4.08. The number of ether oxygens (including phenoxy) is 1. The third kappa shape index (κ3) is 2.99. The van der Waals surface area contributed by atoms with E-state index in [0.717, 1.165) is 22.1 Å². The highest BCUT2D eigenvalue weighted by atomic mass is 32.1. The van der Waals surface area contributed by atoms with Crippen molar-refractivity contribution in [3.8, 4) is 27.3 Å². The number of morpholine rings is 1. The zero-order chi connectivity index (χ0) is 25.4. The molecule has 37 heavy (non-hydrogen) atoms. The van der Waals surface area contributed by atoms with Gasteiger partial charge in [0.05, 0.1) is 19.3 Å². The summed E-state index contributed by atoms with van der Waals surface area (Å²) in [7, 11) is 0. The Morgan fingerprint density at radius 2 is 1.84 bits per heavy atom. The first-order chi connectivity index (χ1) is 18.0. The van der Waals surface area contributed by atoms with E-state index in [1.165, 1.54) is 28.3 Å². The molecule has 2 atom stereocenters. The fourth-order valence-electron chi connectivity index (χ4n) is 5.71. The van der Waals surface area contributed by atoms with Crippen LogP contribution in [0.25, 0.3) is 21.6 Å². The van der Waals surface area contributed by atoms with Crippen LogP contribution in [0.2, 0.25) is 0 Å². The maximum absolute atomic E-state index is 15.6. The summed E-state index contributed by atoms with van der Waals surface area (Å²) in [4.78, 5) is 28.2. The summed E-state index contributed by atoms with van der Waals surface area (Å²) in [5.41, 5.74) is 2.02. The molecular weight excluding hydrogens is 500 g/mol. The highest BCUT2D eigenvalue weighted by Gasteiger charge is 2.46. The van der Waals surface area contributed by atoms with Crippen LogP contribution in [0.4, 0.5) is 8.78 Å². The summed E-state index contributed by atoms with van der Waals surface area (Å²) in [6, 6.07) is 12.5. The second-order valence-corrected chi connectivity index (χ2v) is 10.1. The molecule has 1 fully saturated rings. The van der Waals surface area contributed by atoms with Gasteiger partial charge in [0.1, 0.15) is 6.17 Å². The first-order valence-corrected chi connectivity index (χ1v) is 12.6. The average Bonchev–Trinajstić information content (AvgIpc) is 3.35. The highest BCUT2D eigenvalue weighted by molar-refractivity contribution is 7.14. The lowest BCUT2D eigenvalue weighted by Gasteiger charge is -2.51. The fraction of sp³-hybridized carbons (Fsp3) is 0.185. The van der Waals surface area contributed by atoms with Gasteiger partial charge in [-0.3, -0.25) is 19.3 Å². The van der Waals surface area contributed by atoms with Crippen molar-refractivity contribution >= 4 is 17.2 Å². The second kappa shape index (κ2) is 7.99. The Balaban J connectivity index is 1.59. The number of halogens is 2. The number of pyridine rings is 1. The van der Waals surface area contributed by atoms with Gasteiger partial charge in [-0.25, -0.2) is 8.78 Å². The maximum Gasteiger partial charge on any atom is 0.278 e.